The van der Waals surface area contributed by atoms with Gasteiger partial charge in [0.2, 0.25) is 11.8 Å². The fraction of sp³-hybridized carbons (Fsp3) is 0.800. The van der Waals surface area contributed by atoms with Crippen LogP contribution in [0.5, 0.6) is 0 Å². The molecule has 2 aliphatic heterocycles. The Morgan fingerprint density at radius 2 is 1.95 bits per heavy atom. The molecule has 0 aromatic rings. The van der Waals surface area contributed by atoms with Gasteiger partial charge in [-0.3, -0.25) is 9.59 Å². The zero-order valence-electron chi connectivity index (χ0n) is 12.3. The second-order valence-electron chi connectivity index (χ2n) is 6.62. The summed E-state index contributed by atoms with van der Waals surface area (Å²) in [7, 11) is 1.69. The highest BCUT2D eigenvalue weighted by Crippen LogP contribution is 2.41. The average Bonchev–Trinajstić information content (AvgIpc) is 2.99. The number of hydrogen-bond donors (Lipinski definition) is 1. The van der Waals surface area contributed by atoms with Crippen molar-refractivity contribution in [2.24, 2.45) is 11.8 Å². The fourth-order valence-corrected chi connectivity index (χ4v) is 4.24. The lowest BCUT2D eigenvalue weighted by Gasteiger charge is -2.34. The lowest BCUT2D eigenvalue weighted by atomic mass is 9.84. The molecule has 1 aliphatic carbocycles. The number of likely N-dealkylation sites (tertiary alicyclic amines) is 2. The lowest BCUT2D eigenvalue weighted by Crippen LogP contribution is -2.49. The van der Waals surface area contributed by atoms with E-state index in [2.05, 4.69) is 0 Å². The summed E-state index contributed by atoms with van der Waals surface area (Å²) in [5.74, 6) is -1.12. The van der Waals surface area contributed by atoms with Crippen molar-refractivity contribution in [1.82, 2.24) is 9.80 Å². The number of carbonyl (C=O) groups is 3. The summed E-state index contributed by atoms with van der Waals surface area (Å²) in [4.78, 5) is 39.1. The quantitative estimate of drug-likeness (QED) is 0.813. The van der Waals surface area contributed by atoms with Gasteiger partial charge in [0.05, 0.1) is 5.92 Å². The number of carbonyl (C=O) groups excluding carboxylic acids is 2. The Balaban J connectivity index is 1.81. The summed E-state index contributed by atoms with van der Waals surface area (Å²) in [5.41, 5.74) is 0. The molecule has 2 heterocycles. The highest BCUT2D eigenvalue weighted by molar-refractivity contribution is 5.91. The zero-order chi connectivity index (χ0) is 15.1. The van der Waals surface area contributed by atoms with Gasteiger partial charge in [-0.05, 0) is 25.2 Å². The third-order valence-electron chi connectivity index (χ3n) is 5.32. The van der Waals surface area contributed by atoms with Crippen molar-refractivity contribution < 1.29 is 19.5 Å². The first-order valence-corrected chi connectivity index (χ1v) is 7.78. The summed E-state index contributed by atoms with van der Waals surface area (Å²) in [6.45, 7) is 0.415. The number of aliphatic carboxylic acids is 1. The molecule has 0 radical (unpaired) electrons. The van der Waals surface area contributed by atoms with Crippen LogP contribution >= 0.6 is 0 Å². The number of carboxylic acids is 1. The van der Waals surface area contributed by atoms with Gasteiger partial charge >= 0.3 is 5.97 Å². The van der Waals surface area contributed by atoms with E-state index in [0.29, 0.717) is 18.9 Å². The molecular formula is C15H22N2O4. The van der Waals surface area contributed by atoms with Crippen LogP contribution < -0.4 is 0 Å². The first-order chi connectivity index (χ1) is 9.99. The predicted octanol–water partition coefficient (Wildman–Crippen LogP) is 0.709. The van der Waals surface area contributed by atoms with Crippen LogP contribution in [0.3, 0.4) is 0 Å². The molecule has 0 aromatic carbocycles. The van der Waals surface area contributed by atoms with E-state index in [9.17, 15) is 19.5 Å². The first kappa shape index (κ1) is 14.4. The maximum Gasteiger partial charge on any atom is 0.326 e. The second-order valence-corrected chi connectivity index (χ2v) is 6.62. The van der Waals surface area contributed by atoms with Gasteiger partial charge in [-0.2, -0.15) is 0 Å². The van der Waals surface area contributed by atoms with Crippen molar-refractivity contribution in [3.63, 3.8) is 0 Å². The van der Waals surface area contributed by atoms with Crippen molar-refractivity contribution in [2.45, 2.75) is 50.6 Å². The Labute approximate surface area is 124 Å². The second kappa shape index (κ2) is 5.31. The molecular weight excluding hydrogens is 272 g/mol. The van der Waals surface area contributed by atoms with E-state index in [1.807, 2.05) is 0 Å². The van der Waals surface area contributed by atoms with E-state index < -0.39 is 12.0 Å². The molecule has 4 atom stereocenters. The molecule has 3 aliphatic rings. The van der Waals surface area contributed by atoms with Crippen LogP contribution in [0.4, 0.5) is 0 Å². The molecule has 0 bridgehead atoms. The summed E-state index contributed by atoms with van der Waals surface area (Å²) in [6.07, 6.45) is 4.89. The molecule has 0 aromatic heterocycles. The SMILES string of the molecule is CN1CC(C(=O)N2C(C(=O)O)CC3CCCCC32)CC1=O. The number of amides is 2. The van der Waals surface area contributed by atoms with E-state index in [1.54, 1.807) is 16.8 Å². The molecule has 4 unspecified atom stereocenters. The maximum absolute atomic E-state index is 12.8. The summed E-state index contributed by atoms with van der Waals surface area (Å²) < 4.78 is 0. The Morgan fingerprint density at radius 1 is 1.24 bits per heavy atom. The van der Waals surface area contributed by atoms with Crippen molar-refractivity contribution >= 4 is 17.8 Å². The minimum absolute atomic E-state index is 0.0281. The van der Waals surface area contributed by atoms with Gasteiger partial charge in [0.1, 0.15) is 6.04 Å². The van der Waals surface area contributed by atoms with Crippen LogP contribution in [-0.2, 0) is 14.4 Å². The third kappa shape index (κ3) is 2.40. The van der Waals surface area contributed by atoms with Gasteiger partial charge in [-0.25, -0.2) is 4.79 Å². The average molecular weight is 294 g/mol. The van der Waals surface area contributed by atoms with Crippen LogP contribution in [0.15, 0.2) is 0 Å². The van der Waals surface area contributed by atoms with Crippen molar-refractivity contribution in [3.05, 3.63) is 0 Å². The van der Waals surface area contributed by atoms with Gasteiger partial charge in [0, 0.05) is 26.1 Å². The predicted molar refractivity (Wildman–Crippen MR) is 74.4 cm³/mol. The van der Waals surface area contributed by atoms with Crippen LogP contribution in [0, 0.1) is 11.8 Å². The Hall–Kier alpha value is -1.59. The van der Waals surface area contributed by atoms with E-state index in [-0.39, 0.29) is 30.2 Å². The fourth-order valence-electron chi connectivity index (χ4n) is 4.24. The number of hydrogen-bond acceptors (Lipinski definition) is 3. The molecule has 0 spiro atoms. The van der Waals surface area contributed by atoms with E-state index in [0.717, 1.165) is 25.7 Å². The highest BCUT2D eigenvalue weighted by atomic mass is 16.4. The van der Waals surface area contributed by atoms with Crippen LogP contribution in [0.2, 0.25) is 0 Å². The standard InChI is InChI=1S/C15H22N2O4/c1-16-8-10(7-13(16)18)14(19)17-11-5-3-2-4-9(11)6-12(17)15(20)21/h9-12H,2-8H2,1H3,(H,20,21). The first-order valence-electron chi connectivity index (χ1n) is 7.78. The largest absolute Gasteiger partial charge is 0.480 e. The normalized spacial score (nSPS) is 36.0. The van der Waals surface area contributed by atoms with Gasteiger partial charge in [-0.15, -0.1) is 0 Å². The molecule has 3 rings (SSSR count). The Morgan fingerprint density at radius 3 is 2.57 bits per heavy atom. The molecule has 2 amide bonds. The minimum Gasteiger partial charge on any atom is -0.480 e. The van der Waals surface area contributed by atoms with Crippen LogP contribution in [0.25, 0.3) is 0 Å². The van der Waals surface area contributed by atoms with Gasteiger partial charge in [0.25, 0.3) is 0 Å². The van der Waals surface area contributed by atoms with E-state index >= 15 is 0 Å². The van der Waals surface area contributed by atoms with Gasteiger partial charge < -0.3 is 14.9 Å². The van der Waals surface area contributed by atoms with Crippen LogP contribution in [-0.4, -0.2) is 58.4 Å². The van der Waals surface area contributed by atoms with E-state index in [4.69, 9.17) is 0 Å². The van der Waals surface area contributed by atoms with Crippen molar-refractivity contribution in [1.29, 1.82) is 0 Å². The van der Waals surface area contributed by atoms with Crippen molar-refractivity contribution in [3.8, 4) is 0 Å². The highest BCUT2D eigenvalue weighted by Gasteiger charge is 2.49. The third-order valence-corrected chi connectivity index (χ3v) is 5.32. The summed E-state index contributed by atoms with van der Waals surface area (Å²) in [5, 5.41) is 9.46. The maximum atomic E-state index is 12.8. The zero-order valence-corrected chi connectivity index (χ0v) is 12.3. The Kier molecular flexibility index (Phi) is 3.63. The molecule has 1 saturated carbocycles. The topological polar surface area (TPSA) is 77.9 Å². The smallest absolute Gasteiger partial charge is 0.326 e. The number of fused-ring (bicyclic) bond motifs is 1. The molecule has 3 fully saturated rings. The van der Waals surface area contributed by atoms with E-state index in [1.165, 1.54) is 0 Å². The number of nitrogens with zero attached hydrogens (tertiary/aromatic N) is 2. The number of rotatable bonds is 2. The molecule has 2 saturated heterocycles. The molecule has 21 heavy (non-hydrogen) atoms. The number of carboxylic acid groups (broad SMARTS) is 1. The molecule has 6 nitrogen and oxygen atoms in total. The lowest BCUT2D eigenvalue weighted by molar-refractivity contribution is -0.151. The molecule has 6 heteroatoms. The minimum atomic E-state index is -0.907. The van der Waals surface area contributed by atoms with Crippen LogP contribution in [0.1, 0.15) is 38.5 Å². The summed E-state index contributed by atoms with van der Waals surface area (Å²) >= 11 is 0. The summed E-state index contributed by atoms with van der Waals surface area (Å²) in [6, 6.07) is -0.639. The monoisotopic (exact) mass is 294 g/mol. The van der Waals surface area contributed by atoms with Gasteiger partial charge in [0.15, 0.2) is 0 Å². The molecule has 116 valence electrons. The molecule has 1 N–H and O–H groups in total. The Bertz CT molecular complexity index is 478. The van der Waals surface area contributed by atoms with Gasteiger partial charge in [-0.1, -0.05) is 12.8 Å². The van der Waals surface area contributed by atoms with Crippen molar-refractivity contribution in [2.75, 3.05) is 13.6 Å².